The fourth-order valence-electron chi connectivity index (χ4n) is 0.341. The van der Waals surface area contributed by atoms with E-state index in [-0.39, 0.29) is 35.3 Å². The standard InChI is InChI=1S/C5H12O3S3.Na/c1-2-3-9-10-4-5-11(6,7)8;/h2-5H2,1H3,(H,6,7,8);. The van der Waals surface area contributed by atoms with E-state index in [0.29, 0.717) is 5.75 Å². The summed E-state index contributed by atoms with van der Waals surface area (Å²) in [5.41, 5.74) is 0. The van der Waals surface area contributed by atoms with Gasteiger partial charge in [-0.05, 0) is 6.42 Å². The Labute approximate surface area is 104 Å². The molecule has 0 rings (SSSR count). The summed E-state index contributed by atoms with van der Waals surface area (Å²) in [6.45, 7) is 2.07. The third-order valence-corrected chi connectivity index (χ3v) is 4.39. The molecular formula is C5H12NaO3S3. The van der Waals surface area contributed by atoms with Crippen LogP contribution < -0.4 is 0 Å². The van der Waals surface area contributed by atoms with Gasteiger partial charge in [-0.2, -0.15) is 8.42 Å². The third kappa shape index (κ3) is 14.2. The van der Waals surface area contributed by atoms with Gasteiger partial charge in [0.2, 0.25) is 0 Å². The average Bonchev–Trinajstić information content (AvgIpc) is 1.85. The minimum Gasteiger partial charge on any atom is -0.286 e. The van der Waals surface area contributed by atoms with Crippen LogP contribution in [-0.2, 0) is 10.1 Å². The Balaban J connectivity index is 0. The van der Waals surface area contributed by atoms with Crippen LogP contribution in [0.3, 0.4) is 0 Å². The molecule has 0 aliphatic rings. The first-order valence-electron chi connectivity index (χ1n) is 3.26. The van der Waals surface area contributed by atoms with E-state index < -0.39 is 10.1 Å². The zero-order chi connectivity index (χ0) is 8.74. The summed E-state index contributed by atoms with van der Waals surface area (Å²) >= 11 is 0. The van der Waals surface area contributed by atoms with Crippen molar-refractivity contribution in [3.8, 4) is 0 Å². The zero-order valence-corrected chi connectivity index (χ0v) is 11.8. The van der Waals surface area contributed by atoms with E-state index in [1.165, 1.54) is 10.8 Å². The van der Waals surface area contributed by atoms with Crippen LogP contribution in [0.5, 0.6) is 0 Å². The average molecular weight is 239 g/mol. The summed E-state index contributed by atoms with van der Waals surface area (Å²) in [5, 5.41) is 0. The Morgan fingerprint density at radius 2 is 1.75 bits per heavy atom. The van der Waals surface area contributed by atoms with Crippen LogP contribution in [0.2, 0.25) is 0 Å². The summed E-state index contributed by atoms with van der Waals surface area (Å²) in [5.74, 6) is 1.34. The largest absolute Gasteiger partial charge is 0.286 e. The molecule has 0 heterocycles. The van der Waals surface area contributed by atoms with E-state index in [9.17, 15) is 8.42 Å². The van der Waals surface area contributed by atoms with Crippen LogP contribution in [0.15, 0.2) is 0 Å². The maximum atomic E-state index is 10.2. The van der Waals surface area contributed by atoms with E-state index in [4.69, 9.17) is 4.55 Å². The van der Waals surface area contributed by atoms with Crippen molar-refractivity contribution >= 4 is 61.3 Å². The molecule has 0 bridgehead atoms. The third-order valence-electron chi connectivity index (χ3n) is 0.795. The van der Waals surface area contributed by atoms with Crippen molar-refractivity contribution in [1.82, 2.24) is 0 Å². The summed E-state index contributed by atoms with van der Waals surface area (Å²) < 4.78 is 28.7. The van der Waals surface area contributed by atoms with E-state index in [0.717, 1.165) is 12.2 Å². The molecular weight excluding hydrogens is 227 g/mol. The maximum absolute atomic E-state index is 10.2. The molecule has 0 atom stereocenters. The molecule has 0 unspecified atom stereocenters. The van der Waals surface area contributed by atoms with Gasteiger partial charge in [0, 0.05) is 41.1 Å². The zero-order valence-electron chi connectivity index (χ0n) is 7.32. The molecule has 0 aliphatic carbocycles. The van der Waals surface area contributed by atoms with Crippen LogP contribution in [0.4, 0.5) is 0 Å². The smallest absolute Gasteiger partial charge is 0.265 e. The molecule has 0 fully saturated rings. The van der Waals surface area contributed by atoms with Gasteiger partial charge in [-0.1, -0.05) is 28.5 Å². The number of hydrogen-bond acceptors (Lipinski definition) is 4. The van der Waals surface area contributed by atoms with Gasteiger partial charge in [-0.3, -0.25) is 4.55 Å². The van der Waals surface area contributed by atoms with E-state index in [1.807, 2.05) is 0 Å². The summed E-state index contributed by atoms with van der Waals surface area (Å²) in [7, 11) is -0.628. The monoisotopic (exact) mass is 239 g/mol. The van der Waals surface area contributed by atoms with Gasteiger partial charge in [-0.15, -0.1) is 0 Å². The molecule has 69 valence electrons. The summed E-state index contributed by atoms with van der Waals surface area (Å²) in [6.07, 6.45) is 1.09. The van der Waals surface area contributed by atoms with Crippen molar-refractivity contribution in [2.24, 2.45) is 0 Å². The fraction of sp³-hybridized carbons (Fsp3) is 1.00. The first kappa shape index (κ1) is 16.1. The van der Waals surface area contributed by atoms with E-state index in [1.54, 1.807) is 10.8 Å². The predicted molar refractivity (Wildman–Crippen MR) is 57.4 cm³/mol. The second-order valence-corrected chi connectivity index (χ2v) is 6.20. The molecule has 0 aliphatic heterocycles. The molecule has 7 heteroatoms. The Morgan fingerprint density at radius 3 is 2.17 bits per heavy atom. The van der Waals surface area contributed by atoms with Gasteiger partial charge in [0.05, 0.1) is 5.75 Å². The molecule has 1 N–H and O–H groups in total. The van der Waals surface area contributed by atoms with Crippen LogP contribution >= 0.6 is 21.6 Å². The molecule has 12 heavy (non-hydrogen) atoms. The van der Waals surface area contributed by atoms with Crippen LogP contribution in [0.25, 0.3) is 0 Å². The Bertz CT molecular complexity index is 180. The predicted octanol–water partition coefficient (Wildman–Crippen LogP) is 1.28. The van der Waals surface area contributed by atoms with Crippen molar-refractivity contribution in [3.05, 3.63) is 0 Å². The first-order valence-corrected chi connectivity index (χ1v) is 7.35. The van der Waals surface area contributed by atoms with Gasteiger partial charge in [-0.25, -0.2) is 0 Å². The van der Waals surface area contributed by atoms with E-state index >= 15 is 0 Å². The molecule has 0 spiro atoms. The van der Waals surface area contributed by atoms with Crippen LogP contribution in [0.1, 0.15) is 13.3 Å². The molecule has 3 nitrogen and oxygen atoms in total. The van der Waals surface area contributed by atoms with Gasteiger partial charge in [0.1, 0.15) is 0 Å². The normalized spacial score (nSPS) is 10.8. The Kier molecular flexibility index (Phi) is 12.3. The second kappa shape index (κ2) is 9.18. The summed E-state index contributed by atoms with van der Waals surface area (Å²) in [4.78, 5) is 0. The Morgan fingerprint density at radius 1 is 1.25 bits per heavy atom. The van der Waals surface area contributed by atoms with Gasteiger partial charge < -0.3 is 0 Å². The SMILES string of the molecule is CCCSSCCS(=O)(=O)O.[Na]. The van der Waals surface area contributed by atoms with Crippen molar-refractivity contribution in [1.29, 1.82) is 0 Å². The van der Waals surface area contributed by atoms with Crippen molar-refractivity contribution in [3.63, 3.8) is 0 Å². The van der Waals surface area contributed by atoms with Crippen LogP contribution in [-0.4, -0.2) is 59.8 Å². The molecule has 0 amide bonds. The minimum atomic E-state index is -3.75. The topological polar surface area (TPSA) is 54.4 Å². The van der Waals surface area contributed by atoms with Crippen molar-refractivity contribution in [2.75, 3.05) is 17.3 Å². The maximum Gasteiger partial charge on any atom is 0.265 e. The first-order chi connectivity index (χ1) is 5.06. The minimum absolute atomic E-state index is 0. The fourth-order valence-corrected chi connectivity index (χ4v) is 3.68. The van der Waals surface area contributed by atoms with Crippen molar-refractivity contribution < 1.29 is 13.0 Å². The van der Waals surface area contributed by atoms with Crippen molar-refractivity contribution in [2.45, 2.75) is 13.3 Å². The van der Waals surface area contributed by atoms with Crippen LogP contribution in [0, 0.1) is 0 Å². The Hall–Kier alpha value is 1.61. The molecule has 0 aromatic heterocycles. The molecule has 0 saturated heterocycles. The molecule has 1 radical (unpaired) electrons. The number of rotatable bonds is 6. The number of hydrogen-bond donors (Lipinski definition) is 1. The molecule has 0 saturated carbocycles. The van der Waals surface area contributed by atoms with Gasteiger partial charge >= 0.3 is 0 Å². The quantitative estimate of drug-likeness (QED) is 0.327. The summed E-state index contributed by atoms with van der Waals surface area (Å²) in [6, 6.07) is 0. The molecule has 0 aromatic carbocycles. The second-order valence-electron chi connectivity index (χ2n) is 1.93. The van der Waals surface area contributed by atoms with E-state index in [2.05, 4.69) is 6.92 Å². The molecule has 0 aromatic rings. The van der Waals surface area contributed by atoms with Gasteiger partial charge in [0.15, 0.2) is 0 Å². The van der Waals surface area contributed by atoms with Gasteiger partial charge in [0.25, 0.3) is 10.1 Å².